The van der Waals surface area contributed by atoms with Crippen LogP contribution in [0.1, 0.15) is 12.8 Å². The Morgan fingerprint density at radius 2 is 1.82 bits per heavy atom. The van der Waals surface area contributed by atoms with Crippen LogP contribution in [0.4, 0.5) is 5.69 Å². The molecule has 0 radical (unpaired) electrons. The first-order chi connectivity index (χ1) is 16.4. The maximum absolute atomic E-state index is 13.2. The fourth-order valence-electron chi connectivity index (χ4n) is 3.84. The van der Waals surface area contributed by atoms with Crippen LogP contribution in [-0.2, 0) is 14.8 Å². The van der Waals surface area contributed by atoms with Crippen LogP contribution in [0.15, 0.2) is 87.5 Å². The molecule has 3 aromatic carbocycles. The van der Waals surface area contributed by atoms with Gasteiger partial charge >= 0.3 is 0 Å². The molecule has 1 saturated heterocycles. The lowest BCUT2D eigenvalue weighted by molar-refractivity contribution is -0.120. The van der Waals surface area contributed by atoms with E-state index in [0.717, 1.165) is 9.79 Å². The molecule has 34 heavy (non-hydrogen) atoms. The quantitative estimate of drug-likeness (QED) is 0.446. The van der Waals surface area contributed by atoms with Gasteiger partial charge in [0.05, 0.1) is 28.6 Å². The first-order valence-corrected chi connectivity index (χ1v) is 13.5. The van der Waals surface area contributed by atoms with E-state index in [2.05, 4.69) is 5.32 Å². The van der Waals surface area contributed by atoms with Crippen LogP contribution in [0.5, 0.6) is 5.75 Å². The number of amides is 1. The highest BCUT2D eigenvalue weighted by molar-refractivity contribution is 7.99. The van der Waals surface area contributed by atoms with Crippen molar-refractivity contribution < 1.29 is 17.9 Å². The van der Waals surface area contributed by atoms with Crippen molar-refractivity contribution in [2.75, 3.05) is 25.5 Å². The number of carbonyl (C=O) groups is 1. The number of anilines is 1. The number of benzene rings is 3. The highest BCUT2D eigenvalue weighted by Crippen LogP contribution is 2.34. The molecule has 0 spiro atoms. The van der Waals surface area contributed by atoms with Gasteiger partial charge in [-0.15, -0.1) is 0 Å². The zero-order valence-corrected chi connectivity index (χ0v) is 21.0. The summed E-state index contributed by atoms with van der Waals surface area (Å²) in [7, 11) is -2.32. The molecular weight excluding hydrogens is 492 g/mol. The minimum Gasteiger partial charge on any atom is -0.495 e. The van der Waals surface area contributed by atoms with Crippen molar-refractivity contribution in [1.82, 2.24) is 4.31 Å². The summed E-state index contributed by atoms with van der Waals surface area (Å²) >= 11 is 7.71. The minimum atomic E-state index is -3.79. The molecule has 0 aromatic heterocycles. The standard InChI is InChI=1S/C25H25ClN2O4S2/c1-32-23-14-13-20(16-21(23)26)34(30,31)28-15-7-8-18(17-28)25(29)27-22-11-5-6-12-24(22)33-19-9-3-2-4-10-19/h2-6,9-14,16,18H,7-8,15,17H2,1H3,(H,27,29)/t18-/m1/s1. The van der Waals surface area contributed by atoms with E-state index >= 15 is 0 Å². The predicted octanol–water partition coefficient (Wildman–Crippen LogP) is 5.54. The number of carbonyl (C=O) groups excluding carboxylic acids is 1. The van der Waals surface area contributed by atoms with Crippen LogP contribution in [-0.4, -0.2) is 38.8 Å². The molecule has 0 bridgehead atoms. The van der Waals surface area contributed by atoms with E-state index in [1.54, 1.807) is 11.8 Å². The Labute approximate surface area is 209 Å². The van der Waals surface area contributed by atoms with Gasteiger partial charge in [0, 0.05) is 22.9 Å². The smallest absolute Gasteiger partial charge is 0.243 e. The Bertz CT molecular complexity index is 1270. The molecule has 0 aliphatic carbocycles. The summed E-state index contributed by atoms with van der Waals surface area (Å²) in [5.74, 6) is -0.232. The molecule has 6 nitrogen and oxygen atoms in total. The summed E-state index contributed by atoms with van der Waals surface area (Å²) < 4.78 is 32.9. The number of methoxy groups -OCH3 is 1. The first-order valence-electron chi connectivity index (χ1n) is 10.8. The summed E-state index contributed by atoms with van der Waals surface area (Å²) in [6.07, 6.45) is 1.22. The van der Waals surface area contributed by atoms with E-state index in [4.69, 9.17) is 16.3 Å². The number of sulfonamides is 1. The van der Waals surface area contributed by atoms with Crippen molar-refractivity contribution in [1.29, 1.82) is 0 Å². The lowest BCUT2D eigenvalue weighted by atomic mass is 9.99. The second-order valence-electron chi connectivity index (χ2n) is 7.90. The average molecular weight is 517 g/mol. The first kappa shape index (κ1) is 24.6. The Kier molecular flexibility index (Phi) is 7.83. The highest BCUT2D eigenvalue weighted by atomic mass is 35.5. The summed E-state index contributed by atoms with van der Waals surface area (Å²) in [6.45, 7) is 0.474. The van der Waals surface area contributed by atoms with Gasteiger partial charge in [0.25, 0.3) is 0 Å². The lowest BCUT2D eigenvalue weighted by Gasteiger charge is -2.31. The summed E-state index contributed by atoms with van der Waals surface area (Å²) in [5.41, 5.74) is 0.711. The SMILES string of the molecule is COc1ccc(S(=O)(=O)N2CCC[C@@H](C(=O)Nc3ccccc3Sc3ccccc3)C2)cc1Cl. The van der Waals surface area contributed by atoms with E-state index in [1.165, 1.54) is 29.6 Å². The number of para-hydroxylation sites is 1. The monoisotopic (exact) mass is 516 g/mol. The Morgan fingerprint density at radius 3 is 2.56 bits per heavy atom. The number of ether oxygens (including phenoxy) is 1. The number of rotatable bonds is 7. The third-order valence-corrected chi connectivity index (χ3v) is 8.87. The molecule has 1 aliphatic rings. The predicted molar refractivity (Wildman–Crippen MR) is 135 cm³/mol. The maximum atomic E-state index is 13.2. The number of halogens is 1. The fourth-order valence-corrected chi connectivity index (χ4v) is 6.64. The molecule has 0 saturated carbocycles. The van der Waals surface area contributed by atoms with Gasteiger partial charge in [0.15, 0.2) is 0 Å². The zero-order valence-electron chi connectivity index (χ0n) is 18.6. The van der Waals surface area contributed by atoms with Gasteiger partial charge < -0.3 is 10.1 Å². The van der Waals surface area contributed by atoms with Gasteiger partial charge in [-0.05, 0) is 55.3 Å². The van der Waals surface area contributed by atoms with E-state index in [-0.39, 0.29) is 22.4 Å². The van der Waals surface area contributed by atoms with Crippen molar-refractivity contribution in [3.63, 3.8) is 0 Å². The van der Waals surface area contributed by atoms with Crippen LogP contribution in [0.2, 0.25) is 5.02 Å². The molecule has 0 unspecified atom stereocenters. The number of piperidine rings is 1. The Balaban J connectivity index is 1.48. The average Bonchev–Trinajstić information content (AvgIpc) is 2.86. The van der Waals surface area contributed by atoms with Crippen LogP contribution in [0, 0.1) is 5.92 Å². The van der Waals surface area contributed by atoms with E-state index in [0.29, 0.717) is 30.8 Å². The van der Waals surface area contributed by atoms with E-state index < -0.39 is 15.9 Å². The molecular formula is C25H25ClN2O4S2. The van der Waals surface area contributed by atoms with Crippen LogP contribution in [0.3, 0.4) is 0 Å². The molecule has 1 atom stereocenters. The van der Waals surface area contributed by atoms with E-state index in [9.17, 15) is 13.2 Å². The number of hydrogen-bond donors (Lipinski definition) is 1. The van der Waals surface area contributed by atoms with Gasteiger partial charge in [0.2, 0.25) is 15.9 Å². The molecule has 4 rings (SSSR count). The van der Waals surface area contributed by atoms with Crippen molar-refractivity contribution in [3.8, 4) is 5.75 Å². The second-order valence-corrected chi connectivity index (χ2v) is 11.4. The zero-order chi connectivity index (χ0) is 24.1. The number of nitrogens with zero attached hydrogens (tertiary/aromatic N) is 1. The van der Waals surface area contributed by atoms with Gasteiger partial charge in [0.1, 0.15) is 5.75 Å². The molecule has 1 heterocycles. The number of hydrogen-bond acceptors (Lipinski definition) is 5. The summed E-state index contributed by atoms with van der Waals surface area (Å²) in [4.78, 5) is 15.2. The van der Waals surface area contributed by atoms with Crippen molar-refractivity contribution >= 4 is 45.0 Å². The third kappa shape index (κ3) is 5.58. The van der Waals surface area contributed by atoms with Gasteiger partial charge in [-0.25, -0.2) is 8.42 Å². The molecule has 3 aromatic rings. The van der Waals surface area contributed by atoms with Gasteiger partial charge in [-0.2, -0.15) is 4.31 Å². The molecule has 178 valence electrons. The van der Waals surface area contributed by atoms with E-state index in [1.807, 2.05) is 54.6 Å². The Morgan fingerprint density at radius 1 is 1.09 bits per heavy atom. The number of nitrogens with one attached hydrogen (secondary N) is 1. The molecule has 1 fully saturated rings. The molecule has 1 N–H and O–H groups in total. The van der Waals surface area contributed by atoms with Crippen LogP contribution in [0.25, 0.3) is 0 Å². The van der Waals surface area contributed by atoms with Gasteiger partial charge in [-0.3, -0.25) is 4.79 Å². The maximum Gasteiger partial charge on any atom is 0.243 e. The van der Waals surface area contributed by atoms with Crippen LogP contribution < -0.4 is 10.1 Å². The molecule has 9 heteroatoms. The van der Waals surface area contributed by atoms with Crippen molar-refractivity contribution in [3.05, 3.63) is 77.8 Å². The highest BCUT2D eigenvalue weighted by Gasteiger charge is 2.34. The summed E-state index contributed by atoms with van der Waals surface area (Å²) in [5, 5.41) is 3.24. The lowest BCUT2D eigenvalue weighted by Crippen LogP contribution is -2.43. The molecule has 1 amide bonds. The van der Waals surface area contributed by atoms with Crippen molar-refractivity contribution in [2.24, 2.45) is 5.92 Å². The molecule has 1 aliphatic heterocycles. The fraction of sp³-hybridized carbons (Fsp3) is 0.240. The third-order valence-electron chi connectivity index (χ3n) is 5.63. The van der Waals surface area contributed by atoms with Crippen LogP contribution >= 0.6 is 23.4 Å². The van der Waals surface area contributed by atoms with Gasteiger partial charge in [-0.1, -0.05) is 53.7 Å². The van der Waals surface area contributed by atoms with Crippen molar-refractivity contribution in [2.45, 2.75) is 27.5 Å². The normalized spacial score (nSPS) is 16.7. The minimum absolute atomic E-state index is 0.0870. The summed E-state index contributed by atoms with van der Waals surface area (Å²) in [6, 6.07) is 21.9. The Hall–Kier alpha value is -2.52. The second kappa shape index (κ2) is 10.8. The largest absolute Gasteiger partial charge is 0.495 e. The topological polar surface area (TPSA) is 75.7 Å².